The molecule has 0 N–H and O–H groups in total. The molecule has 0 unspecified atom stereocenters. The van der Waals surface area contributed by atoms with Gasteiger partial charge in [-0.05, 0) is 53.9 Å². The zero-order chi connectivity index (χ0) is 15.1. The molecule has 4 aliphatic rings. The summed E-state index contributed by atoms with van der Waals surface area (Å²) in [5.41, 5.74) is 1.73. The van der Waals surface area contributed by atoms with E-state index >= 15 is 0 Å². The second-order valence-corrected chi connectivity index (χ2v) is 13.0. The Morgan fingerprint density at radius 1 is 0.591 bits per heavy atom. The highest BCUT2D eigenvalue weighted by molar-refractivity contribution is 8.49. The molecule has 3 heterocycles. The van der Waals surface area contributed by atoms with Crippen LogP contribution in [0.1, 0.15) is 52.4 Å². The smallest absolute Gasteiger partial charge is 0.0717 e. The Morgan fingerprint density at radius 2 is 1.00 bits per heavy atom. The molecule has 0 spiro atoms. The van der Waals surface area contributed by atoms with Gasteiger partial charge in [0.15, 0.2) is 0 Å². The Bertz CT molecular complexity index is 589. The van der Waals surface area contributed by atoms with E-state index in [4.69, 9.17) is 0 Å². The molecule has 6 heteroatoms. The molecule has 1 saturated carbocycles. The van der Waals surface area contributed by atoms with Gasteiger partial charge < -0.3 is 0 Å². The van der Waals surface area contributed by atoms with Crippen LogP contribution in [0.25, 0.3) is 0 Å². The topological polar surface area (TPSA) is 0 Å². The molecule has 0 bridgehead atoms. The van der Waals surface area contributed by atoms with Gasteiger partial charge in [0.25, 0.3) is 0 Å². The zero-order valence-corrected chi connectivity index (χ0v) is 17.6. The summed E-state index contributed by atoms with van der Waals surface area (Å²) in [6.07, 6.45) is 7.85. The molecule has 0 nitrogen and oxygen atoms in total. The standard InChI is InChI=1S/C16H18S6/c1-3-10-11(4-2)18-13(17-10)14-21-15-16(22-14)20-12(19-15)9-7-5-6-8-9/h3-8H2,1-2H3. The maximum Gasteiger partial charge on any atom is 0.0717 e. The highest BCUT2D eigenvalue weighted by atomic mass is 32.3. The average molecular weight is 403 g/mol. The van der Waals surface area contributed by atoms with E-state index in [1.807, 2.05) is 47.0 Å². The maximum atomic E-state index is 2.28. The summed E-state index contributed by atoms with van der Waals surface area (Å²) in [5.74, 6) is 0. The lowest BCUT2D eigenvalue weighted by Crippen LogP contribution is -1.76. The van der Waals surface area contributed by atoms with Gasteiger partial charge in [-0.3, -0.25) is 0 Å². The third-order valence-corrected chi connectivity index (χ3v) is 13.2. The lowest BCUT2D eigenvalue weighted by atomic mass is 10.3. The molecule has 0 amide bonds. The third-order valence-electron chi connectivity index (χ3n) is 3.96. The van der Waals surface area contributed by atoms with Crippen molar-refractivity contribution in [2.45, 2.75) is 52.4 Å². The molecule has 0 aromatic carbocycles. The van der Waals surface area contributed by atoms with E-state index in [2.05, 4.69) is 37.4 Å². The van der Waals surface area contributed by atoms with Crippen LogP contribution in [0.15, 0.2) is 36.6 Å². The van der Waals surface area contributed by atoms with Crippen LogP contribution in [0, 0.1) is 0 Å². The lowest BCUT2D eigenvalue weighted by molar-refractivity contribution is 0.886. The van der Waals surface area contributed by atoms with Crippen molar-refractivity contribution in [3.8, 4) is 0 Å². The van der Waals surface area contributed by atoms with Gasteiger partial charge in [-0.25, -0.2) is 0 Å². The predicted molar refractivity (Wildman–Crippen MR) is 113 cm³/mol. The molecule has 0 aromatic heterocycles. The Labute approximate surface area is 158 Å². The summed E-state index contributed by atoms with van der Waals surface area (Å²) in [7, 11) is 0. The Hall–Kier alpha value is 1.06. The van der Waals surface area contributed by atoms with E-state index in [-0.39, 0.29) is 0 Å². The monoisotopic (exact) mass is 402 g/mol. The predicted octanol–water partition coefficient (Wildman–Crippen LogP) is 8.50. The minimum absolute atomic E-state index is 1.18. The van der Waals surface area contributed by atoms with E-state index < -0.39 is 0 Å². The van der Waals surface area contributed by atoms with Gasteiger partial charge in [0.05, 0.1) is 21.2 Å². The summed E-state index contributed by atoms with van der Waals surface area (Å²) in [6, 6.07) is 0. The highest BCUT2D eigenvalue weighted by Gasteiger charge is 2.35. The van der Waals surface area contributed by atoms with Crippen LogP contribution in [0.5, 0.6) is 0 Å². The van der Waals surface area contributed by atoms with Crippen LogP contribution in [0.4, 0.5) is 0 Å². The highest BCUT2D eigenvalue weighted by Crippen LogP contribution is 2.70. The number of hydrogen-bond acceptors (Lipinski definition) is 6. The summed E-state index contributed by atoms with van der Waals surface area (Å²) in [6.45, 7) is 4.57. The Kier molecular flexibility index (Phi) is 5.35. The molecule has 3 aliphatic heterocycles. The molecular weight excluding hydrogens is 385 g/mol. The molecule has 0 radical (unpaired) electrons. The fourth-order valence-corrected chi connectivity index (χ4v) is 12.4. The fraction of sp³-hybridized carbons (Fsp3) is 0.500. The van der Waals surface area contributed by atoms with Gasteiger partial charge in [-0.2, -0.15) is 0 Å². The van der Waals surface area contributed by atoms with Gasteiger partial charge in [0.2, 0.25) is 0 Å². The lowest BCUT2D eigenvalue weighted by Gasteiger charge is -2.07. The molecular formula is C16H18S6. The quantitative estimate of drug-likeness (QED) is 0.450. The number of rotatable bonds is 2. The van der Waals surface area contributed by atoms with E-state index in [9.17, 15) is 0 Å². The molecule has 118 valence electrons. The van der Waals surface area contributed by atoms with Gasteiger partial charge in [-0.15, -0.1) is 0 Å². The van der Waals surface area contributed by atoms with E-state index in [1.165, 1.54) is 47.0 Å². The summed E-state index contributed by atoms with van der Waals surface area (Å²) >= 11 is 12.2. The van der Waals surface area contributed by atoms with Crippen LogP contribution in [0.3, 0.4) is 0 Å². The van der Waals surface area contributed by atoms with Crippen molar-refractivity contribution in [1.82, 2.24) is 0 Å². The van der Waals surface area contributed by atoms with E-state index in [0.717, 1.165) is 0 Å². The van der Waals surface area contributed by atoms with Gasteiger partial charge in [0.1, 0.15) is 0 Å². The fourth-order valence-electron chi connectivity index (χ4n) is 2.80. The van der Waals surface area contributed by atoms with Crippen LogP contribution in [-0.4, -0.2) is 0 Å². The van der Waals surface area contributed by atoms with Crippen molar-refractivity contribution in [2.75, 3.05) is 0 Å². The summed E-state index contributed by atoms with van der Waals surface area (Å²) in [4.78, 5) is 3.19. The van der Waals surface area contributed by atoms with Crippen molar-refractivity contribution in [1.29, 1.82) is 0 Å². The molecule has 0 aromatic rings. The van der Waals surface area contributed by atoms with E-state index in [1.54, 1.807) is 28.1 Å². The Balaban J connectivity index is 1.46. The van der Waals surface area contributed by atoms with Gasteiger partial charge in [-0.1, -0.05) is 84.4 Å². The average Bonchev–Trinajstić information content (AvgIpc) is 3.26. The number of allylic oxidation sites excluding steroid dienone is 3. The van der Waals surface area contributed by atoms with Crippen molar-refractivity contribution in [3.63, 3.8) is 0 Å². The molecule has 1 fully saturated rings. The summed E-state index contributed by atoms with van der Waals surface area (Å²) < 4.78 is 7.78. The number of thioether (sulfide) groups is 6. The van der Waals surface area contributed by atoms with Crippen molar-refractivity contribution >= 4 is 70.6 Å². The first kappa shape index (κ1) is 16.5. The second-order valence-electron chi connectivity index (χ2n) is 5.41. The van der Waals surface area contributed by atoms with Crippen molar-refractivity contribution < 1.29 is 0 Å². The molecule has 1 aliphatic carbocycles. The van der Waals surface area contributed by atoms with Gasteiger partial charge in [0, 0.05) is 0 Å². The van der Waals surface area contributed by atoms with Crippen molar-refractivity contribution in [3.05, 3.63) is 36.6 Å². The SMILES string of the molecule is CCC1=C(CC)SC(=C2SC3=C(SC(=C4CCCC4)S3)S2)S1. The molecule has 0 saturated heterocycles. The van der Waals surface area contributed by atoms with Crippen LogP contribution in [0.2, 0.25) is 0 Å². The second kappa shape index (κ2) is 7.12. The zero-order valence-electron chi connectivity index (χ0n) is 12.7. The first-order valence-corrected chi connectivity index (χ1v) is 12.7. The first-order chi connectivity index (χ1) is 10.8. The Morgan fingerprint density at radius 3 is 1.45 bits per heavy atom. The van der Waals surface area contributed by atoms with Crippen LogP contribution >= 0.6 is 70.6 Å². The van der Waals surface area contributed by atoms with Gasteiger partial charge >= 0.3 is 0 Å². The molecule has 4 rings (SSSR count). The minimum Gasteiger partial charge on any atom is -0.0846 e. The largest absolute Gasteiger partial charge is 0.0846 e. The molecule has 0 atom stereocenters. The first-order valence-electron chi connectivity index (χ1n) is 7.78. The van der Waals surface area contributed by atoms with E-state index in [0.29, 0.717) is 0 Å². The summed E-state index contributed by atoms with van der Waals surface area (Å²) in [5, 5.41) is 0. The van der Waals surface area contributed by atoms with Crippen molar-refractivity contribution in [2.24, 2.45) is 0 Å². The minimum atomic E-state index is 1.18. The number of hydrogen-bond donors (Lipinski definition) is 0. The normalized spacial score (nSPS) is 25.4. The van der Waals surface area contributed by atoms with Crippen LogP contribution < -0.4 is 0 Å². The van der Waals surface area contributed by atoms with Crippen LogP contribution in [-0.2, 0) is 0 Å². The third kappa shape index (κ3) is 3.13. The molecule has 22 heavy (non-hydrogen) atoms. The maximum absolute atomic E-state index is 2.28.